The molecule has 3 aliphatic rings. The van der Waals surface area contributed by atoms with Crippen molar-refractivity contribution in [3.8, 4) is 11.3 Å². The van der Waals surface area contributed by atoms with Crippen molar-refractivity contribution in [2.45, 2.75) is 56.7 Å². The van der Waals surface area contributed by atoms with E-state index in [0.29, 0.717) is 42.3 Å². The molecule has 1 aromatic carbocycles. The standard InChI is InChI=1S/C26H36N4O4S/c1-26(2,3)10-12-28-11-6-7-19(17-28)30-24-20-8-4-5-9-22(20)35(32,33)18-21(24)23(27-30)25(31)29-13-15-34-16-14-29/h4-5,8-9,19H,6-7,10-18H2,1-3H3. The number of ether oxygens (including phenoxy) is 1. The van der Waals surface area contributed by atoms with Crippen LogP contribution in [0.1, 0.15) is 62.1 Å². The number of rotatable bonds is 4. The Morgan fingerprint density at radius 3 is 2.63 bits per heavy atom. The number of benzene rings is 1. The van der Waals surface area contributed by atoms with Crippen LogP contribution in [0.3, 0.4) is 0 Å². The fourth-order valence-corrected chi connectivity index (χ4v) is 6.97. The molecule has 0 spiro atoms. The van der Waals surface area contributed by atoms with E-state index >= 15 is 0 Å². The topological polar surface area (TPSA) is 84.7 Å². The van der Waals surface area contributed by atoms with E-state index in [9.17, 15) is 13.2 Å². The molecular formula is C26H36N4O4S. The zero-order valence-corrected chi connectivity index (χ0v) is 21.8. The first-order valence-electron chi connectivity index (χ1n) is 12.7. The first-order valence-corrected chi connectivity index (χ1v) is 14.3. The lowest BCUT2D eigenvalue weighted by atomic mass is 9.91. The fourth-order valence-electron chi connectivity index (χ4n) is 5.37. The summed E-state index contributed by atoms with van der Waals surface area (Å²) in [6, 6.07) is 7.24. The fraction of sp³-hybridized carbons (Fsp3) is 0.615. The molecule has 35 heavy (non-hydrogen) atoms. The molecule has 1 atom stereocenters. The highest BCUT2D eigenvalue weighted by molar-refractivity contribution is 7.90. The quantitative estimate of drug-likeness (QED) is 0.640. The van der Waals surface area contributed by atoms with Gasteiger partial charge in [-0.15, -0.1) is 0 Å². The van der Waals surface area contributed by atoms with Crippen LogP contribution in [0.5, 0.6) is 0 Å². The van der Waals surface area contributed by atoms with Gasteiger partial charge < -0.3 is 14.5 Å². The van der Waals surface area contributed by atoms with Gasteiger partial charge in [-0.3, -0.25) is 9.48 Å². The third-order valence-corrected chi connectivity index (χ3v) is 9.02. The minimum atomic E-state index is -3.55. The number of aromatic nitrogens is 2. The summed E-state index contributed by atoms with van der Waals surface area (Å²) in [5.74, 6) is -0.385. The van der Waals surface area contributed by atoms with Crippen molar-refractivity contribution < 1.29 is 17.9 Å². The summed E-state index contributed by atoms with van der Waals surface area (Å²) in [7, 11) is -3.55. The summed E-state index contributed by atoms with van der Waals surface area (Å²) < 4.78 is 33.8. The average Bonchev–Trinajstić information content (AvgIpc) is 3.21. The third-order valence-electron chi connectivity index (χ3n) is 7.33. The van der Waals surface area contributed by atoms with Crippen molar-refractivity contribution >= 4 is 15.7 Å². The lowest BCUT2D eigenvalue weighted by Crippen LogP contribution is -2.41. The second-order valence-electron chi connectivity index (χ2n) is 11.2. The molecule has 2 saturated heterocycles. The van der Waals surface area contributed by atoms with Crippen LogP contribution in [0.2, 0.25) is 0 Å². The molecular weight excluding hydrogens is 464 g/mol. The van der Waals surface area contributed by atoms with Crippen LogP contribution in [0.15, 0.2) is 29.2 Å². The van der Waals surface area contributed by atoms with Crippen molar-refractivity contribution in [3.05, 3.63) is 35.5 Å². The van der Waals surface area contributed by atoms with Gasteiger partial charge >= 0.3 is 0 Å². The molecule has 3 aliphatic heterocycles. The maximum atomic E-state index is 13.6. The van der Waals surface area contributed by atoms with Gasteiger partial charge in [0.15, 0.2) is 15.5 Å². The summed E-state index contributed by atoms with van der Waals surface area (Å²) in [5, 5.41) is 4.89. The first-order chi connectivity index (χ1) is 16.6. The predicted octanol–water partition coefficient (Wildman–Crippen LogP) is 3.38. The van der Waals surface area contributed by atoms with Crippen LogP contribution in [0.4, 0.5) is 0 Å². The molecule has 1 aromatic heterocycles. The van der Waals surface area contributed by atoms with E-state index < -0.39 is 9.84 Å². The Morgan fingerprint density at radius 2 is 1.89 bits per heavy atom. The van der Waals surface area contributed by atoms with Gasteiger partial charge in [0.05, 0.1) is 35.6 Å². The molecule has 1 amide bonds. The van der Waals surface area contributed by atoms with Gasteiger partial charge in [0.2, 0.25) is 0 Å². The van der Waals surface area contributed by atoms with Gasteiger partial charge in [-0.1, -0.05) is 39.0 Å². The lowest BCUT2D eigenvalue weighted by molar-refractivity contribution is 0.0297. The first kappa shape index (κ1) is 24.5. The Labute approximate surface area is 208 Å². The molecule has 0 N–H and O–H groups in total. The normalized spacial score (nSPS) is 22.5. The molecule has 190 valence electrons. The molecule has 0 bridgehead atoms. The Balaban J connectivity index is 1.56. The number of morpholine rings is 1. The second-order valence-corrected chi connectivity index (χ2v) is 13.1. The van der Waals surface area contributed by atoms with E-state index in [2.05, 4.69) is 25.7 Å². The molecule has 4 heterocycles. The van der Waals surface area contributed by atoms with Crippen LogP contribution < -0.4 is 0 Å². The molecule has 2 aromatic rings. The Hall–Kier alpha value is -2.23. The highest BCUT2D eigenvalue weighted by atomic mass is 32.2. The zero-order chi connectivity index (χ0) is 24.8. The number of fused-ring (bicyclic) bond motifs is 3. The summed E-state index contributed by atoms with van der Waals surface area (Å²) in [4.78, 5) is 18.1. The number of likely N-dealkylation sites (tertiary alicyclic amines) is 1. The monoisotopic (exact) mass is 500 g/mol. The van der Waals surface area contributed by atoms with Crippen molar-refractivity contribution in [3.63, 3.8) is 0 Å². The number of hydrogen-bond acceptors (Lipinski definition) is 6. The van der Waals surface area contributed by atoms with Gasteiger partial charge in [-0.2, -0.15) is 5.10 Å². The average molecular weight is 501 g/mol. The molecule has 0 aliphatic carbocycles. The zero-order valence-electron chi connectivity index (χ0n) is 21.0. The molecule has 0 saturated carbocycles. The van der Waals surface area contributed by atoms with E-state index in [1.165, 1.54) is 0 Å². The van der Waals surface area contributed by atoms with E-state index in [-0.39, 0.29) is 28.8 Å². The SMILES string of the molecule is CC(C)(C)CCN1CCCC(n2nc(C(=O)N3CCOCC3)c3c2-c2ccccc2S(=O)(=O)C3)C1. The maximum Gasteiger partial charge on any atom is 0.274 e. The Kier molecular flexibility index (Phi) is 6.52. The molecule has 2 fully saturated rings. The minimum Gasteiger partial charge on any atom is -0.378 e. The number of sulfone groups is 1. The number of nitrogens with zero attached hydrogens (tertiary/aromatic N) is 4. The van der Waals surface area contributed by atoms with Gasteiger partial charge in [0, 0.05) is 30.8 Å². The van der Waals surface area contributed by atoms with Crippen LogP contribution in [-0.2, 0) is 20.3 Å². The van der Waals surface area contributed by atoms with Gasteiger partial charge in [-0.05, 0) is 43.8 Å². The van der Waals surface area contributed by atoms with Gasteiger partial charge in [0.25, 0.3) is 5.91 Å². The summed E-state index contributed by atoms with van der Waals surface area (Å²) in [6.45, 7) is 11.7. The van der Waals surface area contributed by atoms with E-state index in [1.54, 1.807) is 17.0 Å². The van der Waals surface area contributed by atoms with Crippen LogP contribution >= 0.6 is 0 Å². The van der Waals surface area contributed by atoms with Crippen molar-refractivity contribution in [2.75, 3.05) is 45.9 Å². The number of amides is 1. The molecule has 0 radical (unpaired) electrons. The molecule has 8 nitrogen and oxygen atoms in total. The van der Waals surface area contributed by atoms with E-state index in [0.717, 1.165) is 44.6 Å². The van der Waals surface area contributed by atoms with Crippen molar-refractivity contribution in [2.24, 2.45) is 5.41 Å². The van der Waals surface area contributed by atoms with Crippen molar-refractivity contribution in [1.29, 1.82) is 0 Å². The van der Waals surface area contributed by atoms with Crippen LogP contribution in [-0.4, -0.2) is 79.8 Å². The number of carbonyl (C=O) groups excluding carboxylic acids is 1. The van der Waals surface area contributed by atoms with E-state index in [4.69, 9.17) is 9.84 Å². The smallest absolute Gasteiger partial charge is 0.274 e. The van der Waals surface area contributed by atoms with Crippen LogP contribution in [0.25, 0.3) is 11.3 Å². The molecule has 5 rings (SSSR count). The minimum absolute atomic E-state index is 0.0950. The number of carbonyl (C=O) groups is 1. The predicted molar refractivity (Wildman–Crippen MR) is 134 cm³/mol. The Morgan fingerprint density at radius 1 is 1.14 bits per heavy atom. The van der Waals surface area contributed by atoms with E-state index in [1.807, 2.05) is 16.8 Å². The highest BCUT2D eigenvalue weighted by Gasteiger charge is 2.39. The summed E-state index contributed by atoms with van der Waals surface area (Å²) in [6.07, 6.45) is 3.12. The van der Waals surface area contributed by atoms with Gasteiger partial charge in [-0.25, -0.2) is 8.42 Å². The maximum absolute atomic E-state index is 13.6. The second kappa shape index (κ2) is 9.33. The largest absolute Gasteiger partial charge is 0.378 e. The van der Waals surface area contributed by atoms with Crippen LogP contribution in [0, 0.1) is 5.41 Å². The number of piperidine rings is 1. The Bertz CT molecular complexity index is 1210. The highest BCUT2D eigenvalue weighted by Crippen LogP contribution is 2.42. The lowest BCUT2D eigenvalue weighted by Gasteiger charge is -2.35. The van der Waals surface area contributed by atoms with Crippen molar-refractivity contribution in [1.82, 2.24) is 19.6 Å². The summed E-state index contributed by atoms with van der Waals surface area (Å²) in [5.41, 5.74) is 2.56. The third kappa shape index (κ3) is 4.90. The van der Waals surface area contributed by atoms with Gasteiger partial charge in [0.1, 0.15) is 0 Å². The molecule has 9 heteroatoms. The number of hydrogen-bond donors (Lipinski definition) is 0. The molecule has 1 unspecified atom stereocenters. The summed E-state index contributed by atoms with van der Waals surface area (Å²) >= 11 is 0.